The maximum Gasteiger partial charge on any atom is 0.292 e. The van der Waals surface area contributed by atoms with E-state index in [1.54, 1.807) is 30.3 Å². The summed E-state index contributed by atoms with van der Waals surface area (Å²) in [5.41, 5.74) is 1.28. The van der Waals surface area contributed by atoms with Crippen LogP contribution in [0.15, 0.2) is 36.4 Å². The number of benzene rings is 2. The van der Waals surface area contributed by atoms with Gasteiger partial charge in [0.05, 0.1) is 31.4 Å². The lowest BCUT2D eigenvalue weighted by molar-refractivity contribution is -0.690. The molecule has 0 aliphatic carbocycles. The quantitative estimate of drug-likeness (QED) is 0.743. The van der Waals surface area contributed by atoms with E-state index in [1.165, 1.54) is 19.1 Å². The number of nitrogens with zero attached hydrogens (tertiary/aromatic N) is 1. The summed E-state index contributed by atoms with van der Waals surface area (Å²) in [6.07, 6.45) is 0.115. The zero-order valence-electron chi connectivity index (χ0n) is 14.9. The van der Waals surface area contributed by atoms with E-state index < -0.39 is 6.04 Å². The van der Waals surface area contributed by atoms with Crippen LogP contribution in [-0.4, -0.2) is 32.1 Å². The van der Waals surface area contributed by atoms with Crippen molar-refractivity contribution in [3.8, 4) is 11.5 Å². The van der Waals surface area contributed by atoms with Crippen LogP contribution in [0.3, 0.4) is 0 Å². The van der Waals surface area contributed by atoms with Crippen molar-refractivity contribution in [2.75, 3.05) is 19.1 Å². The van der Waals surface area contributed by atoms with Crippen molar-refractivity contribution in [1.82, 2.24) is 0 Å². The summed E-state index contributed by atoms with van der Waals surface area (Å²) in [5.74, 6) is 0.467. The number of ether oxygens (including phenoxy) is 2. The second kappa shape index (κ2) is 8.17. The molecule has 1 aliphatic heterocycles. The van der Waals surface area contributed by atoms with Crippen LogP contribution >= 0.6 is 23.2 Å². The van der Waals surface area contributed by atoms with Gasteiger partial charge in [0, 0.05) is 28.8 Å². The zero-order valence-corrected chi connectivity index (χ0v) is 16.4. The van der Waals surface area contributed by atoms with Crippen molar-refractivity contribution in [2.24, 2.45) is 0 Å². The first kappa shape index (κ1) is 19.5. The molecule has 3 rings (SSSR count). The van der Waals surface area contributed by atoms with E-state index in [0.29, 0.717) is 33.8 Å². The maximum atomic E-state index is 12.8. The van der Waals surface area contributed by atoms with Gasteiger partial charge >= 0.3 is 0 Å². The Morgan fingerprint density at radius 3 is 2.33 bits per heavy atom. The van der Waals surface area contributed by atoms with Gasteiger partial charge in [-0.05, 0) is 12.1 Å². The summed E-state index contributed by atoms with van der Waals surface area (Å²) >= 11 is 12.1. The summed E-state index contributed by atoms with van der Waals surface area (Å²) in [5, 5.41) is 2.89. The Kier molecular flexibility index (Phi) is 5.89. The molecule has 2 N–H and O–H groups in total. The molecule has 2 aromatic carbocycles. The Balaban J connectivity index is 1.77. The van der Waals surface area contributed by atoms with E-state index in [4.69, 9.17) is 32.7 Å². The average molecular weight is 410 g/mol. The van der Waals surface area contributed by atoms with Crippen molar-refractivity contribution in [2.45, 2.75) is 19.0 Å². The first-order valence-corrected chi connectivity index (χ1v) is 9.05. The van der Waals surface area contributed by atoms with E-state index in [-0.39, 0.29) is 18.2 Å². The zero-order chi connectivity index (χ0) is 19.6. The Labute approximate surface area is 167 Å². The van der Waals surface area contributed by atoms with Gasteiger partial charge in [0.25, 0.3) is 5.91 Å². The van der Waals surface area contributed by atoms with Gasteiger partial charge in [-0.3, -0.25) is 9.59 Å². The second-order valence-corrected chi connectivity index (χ2v) is 6.97. The van der Waals surface area contributed by atoms with E-state index in [2.05, 4.69) is 0 Å². The highest BCUT2D eigenvalue weighted by molar-refractivity contribution is 6.35. The van der Waals surface area contributed by atoms with Crippen LogP contribution in [-0.2, 0) is 16.1 Å². The van der Waals surface area contributed by atoms with Gasteiger partial charge in [-0.25, -0.2) is 4.90 Å². The van der Waals surface area contributed by atoms with Gasteiger partial charge < -0.3 is 14.8 Å². The lowest BCUT2D eigenvalue weighted by Crippen LogP contribution is -2.90. The standard InChI is InChI=1S/C19H18Cl2N2O4/c1-26-14-6-13(7-15(8-14)27-2)23-18(24)9-17(19(23)25)22-10-11-3-4-12(20)5-16(11)21/h3-8,17,22H,9-10H2,1-2H3/p+1/t17-/m1/s1. The summed E-state index contributed by atoms with van der Waals surface area (Å²) in [7, 11) is 3.03. The monoisotopic (exact) mass is 409 g/mol. The van der Waals surface area contributed by atoms with E-state index in [0.717, 1.165) is 5.56 Å². The molecule has 8 heteroatoms. The number of halogens is 2. The van der Waals surface area contributed by atoms with Gasteiger partial charge in [-0.2, -0.15) is 0 Å². The van der Waals surface area contributed by atoms with Crippen molar-refractivity contribution in [1.29, 1.82) is 0 Å². The number of methoxy groups -OCH3 is 2. The fourth-order valence-corrected chi connectivity index (χ4v) is 3.47. The number of carbonyl (C=O) groups is 2. The molecule has 6 nitrogen and oxygen atoms in total. The normalized spacial score (nSPS) is 16.7. The SMILES string of the molecule is COc1cc(OC)cc(N2C(=O)C[C@@H]([NH2+]Cc3ccc(Cl)cc3Cl)C2=O)c1. The third-order valence-corrected chi connectivity index (χ3v) is 5.00. The molecule has 2 amide bonds. The maximum absolute atomic E-state index is 12.8. The molecule has 1 fully saturated rings. The first-order valence-electron chi connectivity index (χ1n) is 8.30. The number of quaternary nitrogens is 1. The lowest BCUT2D eigenvalue weighted by atomic mass is 10.2. The minimum Gasteiger partial charge on any atom is -0.497 e. The molecule has 1 saturated heterocycles. The molecule has 1 atom stereocenters. The summed E-state index contributed by atoms with van der Waals surface area (Å²) in [4.78, 5) is 26.5. The summed E-state index contributed by atoms with van der Waals surface area (Å²) in [6.45, 7) is 0.467. The Bertz CT molecular complexity index is 866. The molecule has 0 aromatic heterocycles. The molecular formula is C19H19Cl2N2O4+. The third-order valence-electron chi connectivity index (χ3n) is 4.41. The van der Waals surface area contributed by atoms with Crippen molar-refractivity contribution >= 4 is 40.7 Å². The van der Waals surface area contributed by atoms with Crippen LogP contribution < -0.4 is 19.7 Å². The summed E-state index contributed by atoms with van der Waals surface area (Å²) < 4.78 is 10.4. The smallest absolute Gasteiger partial charge is 0.292 e. The topological polar surface area (TPSA) is 72.5 Å². The van der Waals surface area contributed by atoms with E-state index >= 15 is 0 Å². The van der Waals surface area contributed by atoms with Crippen LogP contribution in [0.4, 0.5) is 5.69 Å². The van der Waals surface area contributed by atoms with Gasteiger partial charge in [-0.15, -0.1) is 0 Å². The molecule has 0 bridgehead atoms. The molecule has 1 heterocycles. The molecule has 0 saturated carbocycles. The lowest BCUT2D eigenvalue weighted by Gasteiger charge is -2.16. The Morgan fingerprint density at radius 1 is 1.07 bits per heavy atom. The Morgan fingerprint density at radius 2 is 1.74 bits per heavy atom. The van der Waals surface area contributed by atoms with Crippen LogP contribution in [0, 0.1) is 0 Å². The van der Waals surface area contributed by atoms with Gasteiger partial charge in [0.15, 0.2) is 6.04 Å². The van der Waals surface area contributed by atoms with Gasteiger partial charge in [-0.1, -0.05) is 29.3 Å². The highest BCUT2D eigenvalue weighted by atomic mass is 35.5. The first-order chi connectivity index (χ1) is 12.9. The van der Waals surface area contributed by atoms with Crippen LogP contribution in [0.2, 0.25) is 10.0 Å². The number of hydrogen-bond donors (Lipinski definition) is 1. The molecule has 0 spiro atoms. The molecule has 0 unspecified atom stereocenters. The average Bonchev–Trinajstić information content (AvgIpc) is 2.94. The van der Waals surface area contributed by atoms with Crippen molar-refractivity contribution in [3.05, 3.63) is 52.0 Å². The number of anilines is 1. The molecule has 27 heavy (non-hydrogen) atoms. The predicted octanol–water partition coefficient (Wildman–Crippen LogP) is 2.41. The summed E-state index contributed by atoms with van der Waals surface area (Å²) in [6, 6.07) is 9.65. The van der Waals surface area contributed by atoms with Crippen LogP contribution in [0.5, 0.6) is 11.5 Å². The molecule has 0 radical (unpaired) electrons. The minimum atomic E-state index is -0.513. The largest absolute Gasteiger partial charge is 0.497 e. The van der Waals surface area contributed by atoms with Crippen LogP contribution in [0.25, 0.3) is 0 Å². The van der Waals surface area contributed by atoms with Gasteiger partial charge in [0.2, 0.25) is 5.91 Å². The fourth-order valence-electron chi connectivity index (χ4n) is 2.99. The van der Waals surface area contributed by atoms with Crippen LogP contribution in [0.1, 0.15) is 12.0 Å². The fraction of sp³-hybridized carbons (Fsp3) is 0.263. The second-order valence-electron chi connectivity index (χ2n) is 6.12. The number of amides is 2. The van der Waals surface area contributed by atoms with Crippen molar-refractivity contribution < 1.29 is 24.4 Å². The number of nitrogens with two attached hydrogens (primary N) is 1. The Hall–Kier alpha value is -2.28. The highest BCUT2D eigenvalue weighted by Gasteiger charge is 2.42. The van der Waals surface area contributed by atoms with E-state index in [9.17, 15) is 9.59 Å². The molecule has 142 valence electrons. The molecule has 1 aliphatic rings. The number of carbonyl (C=O) groups excluding carboxylic acids is 2. The molecular weight excluding hydrogens is 391 g/mol. The van der Waals surface area contributed by atoms with Crippen molar-refractivity contribution in [3.63, 3.8) is 0 Å². The number of hydrogen-bond acceptors (Lipinski definition) is 4. The van der Waals surface area contributed by atoms with E-state index in [1.807, 2.05) is 11.4 Å². The third kappa shape index (κ3) is 4.18. The minimum absolute atomic E-state index is 0.115. The van der Waals surface area contributed by atoms with Gasteiger partial charge in [0.1, 0.15) is 18.0 Å². The molecule has 2 aromatic rings. The highest BCUT2D eigenvalue weighted by Crippen LogP contribution is 2.31. The predicted molar refractivity (Wildman–Crippen MR) is 103 cm³/mol. The number of rotatable bonds is 6. The number of imide groups is 1.